The maximum atomic E-state index is 13.1. The maximum absolute atomic E-state index is 13.1. The van der Waals surface area contributed by atoms with Crippen LogP contribution in [-0.2, 0) is 4.74 Å². The van der Waals surface area contributed by atoms with E-state index in [-0.39, 0.29) is 10.8 Å². The minimum atomic E-state index is -0.452. The Kier molecular flexibility index (Phi) is 3.77. The normalized spacial score (nSPS) is 10.8. The highest BCUT2D eigenvalue weighted by Gasteiger charge is 2.16. The van der Waals surface area contributed by atoms with Crippen LogP contribution < -0.4 is 5.73 Å². The molecule has 2 N–H and O–H groups in total. The molecule has 112 valence electrons. The molecule has 0 radical (unpaired) electrons. The number of halogens is 1. The molecule has 0 aliphatic carbocycles. The zero-order valence-electron chi connectivity index (χ0n) is 11.8. The maximum Gasteiger partial charge on any atom is 0.367 e. The third-order valence-electron chi connectivity index (χ3n) is 3.12. The number of carbonyl (C=O) groups excluding carboxylic acids is 1. The molecule has 1 aromatic heterocycles. The van der Waals surface area contributed by atoms with Gasteiger partial charge in [-0.1, -0.05) is 12.1 Å². The minimum absolute atomic E-state index is 0.283. The number of esters is 1. The van der Waals surface area contributed by atoms with Crippen LogP contribution in [0.2, 0.25) is 0 Å². The number of nitrogen functional groups attached to an aromatic ring is 1. The molecular formula is C16H13FN2O2S. The standard InChI is InChI=1S/C16H13FN2O2S/c1-2-21-16(20)15-19-13-8-11(18)7-12(14(13)22-15)9-3-5-10(17)6-4-9/h3-8H,2,18H2,1H3. The van der Waals surface area contributed by atoms with Crippen molar-refractivity contribution in [1.82, 2.24) is 4.98 Å². The lowest BCUT2D eigenvalue weighted by Gasteiger charge is -2.04. The van der Waals surface area contributed by atoms with Crippen LogP contribution in [-0.4, -0.2) is 17.6 Å². The monoisotopic (exact) mass is 316 g/mol. The molecule has 0 saturated carbocycles. The number of carbonyl (C=O) groups is 1. The Hall–Kier alpha value is -2.47. The van der Waals surface area contributed by atoms with Crippen molar-refractivity contribution in [3.8, 4) is 11.1 Å². The van der Waals surface area contributed by atoms with Gasteiger partial charge >= 0.3 is 5.97 Å². The zero-order valence-corrected chi connectivity index (χ0v) is 12.6. The number of nitrogens with two attached hydrogens (primary N) is 1. The summed E-state index contributed by atoms with van der Waals surface area (Å²) in [7, 11) is 0. The van der Waals surface area contributed by atoms with Gasteiger partial charge in [0.2, 0.25) is 5.01 Å². The lowest BCUT2D eigenvalue weighted by atomic mass is 10.0. The smallest absolute Gasteiger partial charge is 0.367 e. The summed E-state index contributed by atoms with van der Waals surface area (Å²) >= 11 is 1.24. The summed E-state index contributed by atoms with van der Waals surface area (Å²) in [5.41, 5.74) is 8.72. The molecule has 0 bridgehead atoms. The summed E-state index contributed by atoms with van der Waals surface area (Å²) in [6.45, 7) is 2.04. The van der Waals surface area contributed by atoms with E-state index in [4.69, 9.17) is 10.5 Å². The highest BCUT2D eigenvalue weighted by Crippen LogP contribution is 2.35. The Morgan fingerprint density at radius 2 is 2.05 bits per heavy atom. The van der Waals surface area contributed by atoms with Crippen molar-refractivity contribution in [2.75, 3.05) is 12.3 Å². The van der Waals surface area contributed by atoms with E-state index < -0.39 is 5.97 Å². The van der Waals surface area contributed by atoms with Crippen molar-refractivity contribution >= 4 is 33.2 Å². The van der Waals surface area contributed by atoms with Crippen LogP contribution in [0.3, 0.4) is 0 Å². The van der Waals surface area contributed by atoms with Crippen LogP contribution in [0.25, 0.3) is 21.3 Å². The fourth-order valence-electron chi connectivity index (χ4n) is 2.18. The summed E-state index contributed by atoms with van der Waals surface area (Å²) in [4.78, 5) is 16.1. The van der Waals surface area contributed by atoms with Crippen molar-refractivity contribution < 1.29 is 13.9 Å². The molecule has 3 aromatic rings. The molecule has 2 aromatic carbocycles. The molecule has 1 heterocycles. The topological polar surface area (TPSA) is 65.2 Å². The Bertz CT molecular complexity index is 843. The summed E-state index contributed by atoms with van der Waals surface area (Å²) in [5.74, 6) is -0.757. The molecule has 0 aliphatic heterocycles. The van der Waals surface area contributed by atoms with Gasteiger partial charge in [-0.05, 0) is 36.8 Å². The quantitative estimate of drug-likeness (QED) is 0.588. The number of aromatic nitrogens is 1. The number of nitrogens with zero attached hydrogens (tertiary/aromatic N) is 1. The SMILES string of the molecule is CCOC(=O)c1nc2cc(N)cc(-c3ccc(F)cc3)c2s1. The number of hydrogen-bond acceptors (Lipinski definition) is 5. The van der Waals surface area contributed by atoms with Crippen LogP contribution in [0.5, 0.6) is 0 Å². The van der Waals surface area contributed by atoms with Crippen molar-refractivity contribution in [2.24, 2.45) is 0 Å². The molecule has 0 spiro atoms. The number of rotatable bonds is 3. The lowest BCUT2D eigenvalue weighted by Crippen LogP contribution is -2.03. The van der Waals surface area contributed by atoms with E-state index >= 15 is 0 Å². The predicted molar refractivity (Wildman–Crippen MR) is 85.4 cm³/mol. The number of benzene rings is 2. The lowest BCUT2D eigenvalue weighted by molar-refractivity contribution is 0.0526. The first kappa shape index (κ1) is 14.5. The second-order valence-electron chi connectivity index (χ2n) is 4.66. The summed E-state index contributed by atoms with van der Waals surface area (Å²) in [5, 5.41) is 0.283. The van der Waals surface area contributed by atoms with Crippen LogP contribution >= 0.6 is 11.3 Å². The van der Waals surface area contributed by atoms with E-state index in [1.807, 2.05) is 0 Å². The third kappa shape index (κ3) is 2.65. The van der Waals surface area contributed by atoms with Crippen molar-refractivity contribution in [1.29, 1.82) is 0 Å². The molecular weight excluding hydrogens is 303 g/mol. The zero-order chi connectivity index (χ0) is 15.7. The molecule has 0 amide bonds. The minimum Gasteiger partial charge on any atom is -0.461 e. The van der Waals surface area contributed by atoms with Gasteiger partial charge < -0.3 is 10.5 Å². The third-order valence-corrected chi connectivity index (χ3v) is 4.20. The largest absolute Gasteiger partial charge is 0.461 e. The molecule has 0 saturated heterocycles. The van der Waals surface area contributed by atoms with Gasteiger partial charge in [0, 0.05) is 11.3 Å². The van der Waals surface area contributed by atoms with E-state index in [0.717, 1.165) is 15.8 Å². The van der Waals surface area contributed by atoms with Gasteiger partial charge in [-0.15, -0.1) is 11.3 Å². The van der Waals surface area contributed by atoms with Gasteiger partial charge in [0.25, 0.3) is 0 Å². The van der Waals surface area contributed by atoms with E-state index in [9.17, 15) is 9.18 Å². The Labute approximate surface area is 130 Å². The summed E-state index contributed by atoms with van der Waals surface area (Å²) < 4.78 is 18.9. The van der Waals surface area contributed by atoms with E-state index in [1.54, 1.807) is 31.2 Å². The van der Waals surface area contributed by atoms with Crippen LogP contribution in [0.1, 0.15) is 16.7 Å². The highest BCUT2D eigenvalue weighted by molar-refractivity contribution is 7.20. The number of ether oxygens (including phenoxy) is 1. The van der Waals surface area contributed by atoms with Crippen molar-refractivity contribution in [3.05, 3.63) is 47.2 Å². The molecule has 0 atom stereocenters. The Morgan fingerprint density at radius 1 is 1.32 bits per heavy atom. The molecule has 22 heavy (non-hydrogen) atoms. The molecule has 4 nitrogen and oxygen atoms in total. The Balaban J connectivity index is 2.17. The van der Waals surface area contributed by atoms with Gasteiger partial charge in [0.05, 0.1) is 16.8 Å². The van der Waals surface area contributed by atoms with Crippen LogP contribution in [0, 0.1) is 5.82 Å². The highest BCUT2D eigenvalue weighted by atomic mass is 32.1. The van der Waals surface area contributed by atoms with Crippen molar-refractivity contribution in [2.45, 2.75) is 6.92 Å². The number of hydrogen-bond donors (Lipinski definition) is 1. The Morgan fingerprint density at radius 3 is 2.73 bits per heavy atom. The van der Waals surface area contributed by atoms with Gasteiger partial charge in [0.1, 0.15) is 5.82 Å². The second kappa shape index (κ2) is 5.73. The van der Waals surface area contributed by atoms with Gasteiger partial charge in [-0.2, -0.15) is 0 Å². The number of anilines is 1. The summed E-state index contributed by atoms with van der Waals surface area (Å²) in [6.07, 6.45) is 0. The van der Waals surface area contributed by atoms with Crippen LogP contribution in [0.4, 0.5) is 10.1 Å². The molecule has 0 unspecified atom stereocenters. The number of fused-ring (bicyclic) bond motifs is 1. The van der Waals surface area contributed by atoms with E-state index in [2.05, 4.69) is 4.98 Å². The molecule has 0 aliphatic rings. The fourth-order valence-corrected chi connectivity index (χ4v) is 3.15. The molecule has 3 rings (SSSR count). The molecule has 0 fully saturated rings. The van der Waals surface area contributed by atoms with E-state index in [0.29, 0.717) is 17.8 Å². The second-order valence-corrected chi connectivity index (χ2v) is 5.66. The van der Waals surface area contributed by atoms with Crippen LogP contribution in [0.15, 0.2) is 36.4 Å². The fraction of sp³-hybridized carbons (Fsp3) is 0.125. The first-order chi connectivity index (χ1) is 10.6. The van der Waals surface area contributed by atoms with Gasteiger partial charge in [-0.25, -0.2) is 14.2 Å². The van der Waals surface area contributed by atoms with Gasteiger partial charge in [-0.3, -0.25) is 0 Å². The first-order valence-corrected chi connectivity index (χ1v) is 7.53. The average molecular weight is 316 g/mol. The summed E-state index contributed by atoms with van der Waals surface area (Å²) in [6, 6.07) is 9.63. The molecule has 6 heteroatoms. The van der Waals surface area contributed by atoms with Crippen molar-refractivity contribution in [3.63, 3.8) is 0 Å². The average Bonchev–Trinajstić information content (AvgIpc) is 2.91. The first-order valence-electron chi connectivity index (χ1n) is 6.71. The number of thiazole rings is 1. The van der Waals surface area contributed by atoms with Gasteiger partial charge in [0.15, 0.2) is 0 Å². The predicted octanol–water partition coefficient (Wildman–Crippen LogP) is 3.86. The van der Waals surface area contributed by atoms with E-state index in [1.165, 1.54) is 23.5 Å².